The average molecular weight is 411 g/mol. The molecule has 0 spiro atoms. The topological polar surface area (TPSA) is 57.8 Å². The number of benzene rings is 2. The van der Waals surface area contributed by atoms with E-state index in [-0.39, 0.29) is 11.7 Å². The van der Waals surface area contributed by atoms with Crippen molar-refractivity contribution in [1.82, 2.24) is 14.8 Å². The van der Waals surface area contributed by atoms with Crippen LogP contribution in [-0.2, 0) is 0 Å². The zero-order chi connectivity index (χ0) is 20.9. The number of fused-ring (bicyclic) bond motifs is 1. The maximum Gasteiger partial charge on any atom is 0.270 e. The second-order valence-corrected chi connectivity index (χ2v) is 7.37. The Morgan fingerprint density at radius 2 is 1.83 bits per heavy atom. The number of aromatic nitrogens is 1. The zero-order valence-corrected chi connectivity index (χ0v) is 17.1. The smallest absolute Gasteiger partial charge is 0.270 e. The first-order valence-corrected chi connectivity index (χ1v) is 10.2. The predicted molar refractivity (Wildman–Crippen MR) is 114 cm³/mol. The minimum Gasteiger partial charge on any atom is -0.493 e. The highest BCUT2D eigenvalue weighted by atomic mass is 19.1. The highest BCUT2D eigenvalue weighted by Gasteiger charge is 2.23. The van der Waals surface area contributed by atoms with E-state index < -0.39 is 0 Å². The summed E-state index contributed by atoms with van der Waals surface area (Å²) < 4.78 is 25.0. The van der Waals surface area contributed by atoms with Crippen LogP contribution in [0, 0.1) is 5.82 Å². The van der Waals surface area contributed by atoms with Gasteiger partial charge in [0, 0.05) is 43.6 Å². The highest BCUT2D eigenvalue weighted by Crippen LogP contribution is 2.25. The molecule has 3 aromatic rings. The number of H-pyrrole nitrogens is 1. The lowest BCUT2D eigenvalue weighted by Gasteiger charge is -2.34. The van der Waals surface area contributed by atoms with Crippen LogP contribution in [0.1, 0.15) is 16.9 Å². The molecule has 0 radical (unpaired) electrons. The van der Waals surface area contributed by atoms with E-state index in [1.54, 1.807) is 25.3 Å². The van der Waals surface area contributed by atoms with Gasteiger partial charge in [-0.3, -0.25) is 9.69 Å². The van der Waals surface area contributed by atoms with Crippen LogP contribution in [0.25, 0.3) is 10.9 Å². The lowest BCUT2D eigenvalue weighted by Crippen LogP contribution is -2.49. The molecule has 0 unspecified atom stereocenters. The summed E-state index contributed by atoms with van der Waals surface area (Å²) in [7, 11) is 1.63. The van der Waals surface area contributed by atoms with Crippen LogP contribution in [0.4, 0.5) is 4.39 Å². The third kappa shape index (κ3) is 4.41. The molecule has 1 N–H and O–H groups in total. The molecule has 1 amide bonds. The molecule has 158 valence electrons. The summed E-state index contributed by atoms with van der Waals surface area (Å²) in [6.07, 6.45) is 0.896. The molecule has 0 atom stereocenters. The van der Waals surface area contributed by atoms with Crippen molar-refractivity contribution < 1.29 is 18.7 Å². The SMILES string of the molecule is COc1ccccc1OCCCN1CCN(C(=O)c2cc3c(F)cccc3[nH]2)CC1. The number of hydrogen-bond acceptors (Lipinski definition) is 4. The van der Waals surface area contributed by atoms with E-state index in [4.69, 9.17) is 9.47 Å². The summed E-state index contributed by atoms with van der Waals surface area (Å²) in [5.74, 6) is 1.10. The lowest BCUT2D eigenvalue weighted by atomic mass is 10.2. The summed E-state index contributed by atoms with van der Waals surface area (Å²) in [4.78, 5) is 20.0. The molecule has 0 saturated carbocycles. The minimum atomic E-state index is -0.317. The second-order valence-electron chi connectivity index (χ2n) is 7.37. The fourth-order valence-electron chi connectivity index (χ4n) is 3.79. The molecule has 2 aromatic carbocycles. The van der Waals surface area contributed by atoms with E-state index in [1.807, 2.05) is 29.2 Å². The second kappa shape index (κ2) is 9.17. The Morgan fingerprint density at radius 1 is 1.07 bits per heavy atom. The highest BCUT2D eigenvalue weighted by molar-refractivity contribution is 5.98. The molecule has 30 heavy (non-hydrogen) atoms. The quantitative estimate of drug-likeness (QED) is 0.604. The number of ether oxygens (including phenoxy) is 2. The summed E-state index contributed by atoms with van der Waals surface area (Å²) in [6.45, 7) is 4.47. The first kappa shape index (κ1) is 20.2. The Balaban J connectivity index is 1.23. The number of hydrogen-bond donors (Lipinski definition) is 1. The average Bonchev–Trinajstić information content (AvgIpc) is 3.23. The molecule has 0 aliphatic carbocycles. The van der Waals surface area contributed by atoms with Crippen LogP contribution in [0.5, 0.6) is 11.5 Å². The minimum absolute atomic E-state index is 0.0789. The van der Waals surface area contributed by atoms with Gasteiger partial charge in [0.25, 0.3) is 5.91 Å². The summed E-state index contributed by atoms with van der Waals surface area (Å²) in [6, 6.07) is 14.1. The number of para-hydroxylation sites is 2. The van der Waals surface area contributed by atoms with Crippen LogP contribution < -0.4 is 9.47 Å². The van der Waals surface area contributed by atoms with Crippen LogP contribution in [-0.4, -0.2) is 67.1 Å². The van der Waals surface area contributed by atoms with Gasteiger partial charge in [0.2, 0.25) is 0 Å². The zero-order valence-electron chi connectivity index (χ0n) is 17.1. The van der Waals surface area contributed by atoms with E-state index in [0.717, 1.165) is 37.6 Å². The third-order valence-corrected chi connectivity index (χ3v) is 5.45. The van der Waals surface area contributed by atoms with Crippen LogP contribution >= 0.6 is 0 Å². The van der Waals surface area contributed by atoms with Gasteiger partial charge >= 0.3 is 0 Å². The van der Waals surface area contributed by atoms with E-state index in [9.17, 15) is 9.18 Å². The Kier molecular flexibility index (Phi) is 6.18. The van der Waals surface area contributed by atoms with E-state index in [2.05, 4.69) is 9.88 Å². The van der Waals surface area contributed by atoms with Crippen LogP contribution in [0.2, 0.25) is 0 Å². The summed E-state index contributed by atoms with van der Waals surface area (Å²) in [5.41, 5.74) is 1.08. The molecule has 4 rings (SSSR count). The monoisotopic (exact) mass is 411 g/mol. The Hall–Kier alpha value is -3.06. The molecule has 1 aliphatic heterocycles. The van der Waals surface area contributed by atoms with Gasteiger partial charge in [-0.05, 0) is 36.8 Å². The van der Waals surface area contributed by atoms with E-state index in [0.29, 0.717) is 36.3 Å². The van der Waals surface area contributed by atoms with Crippen molar-refractivity contribution in [2.75, 3.05) is 46.4 Å². The van der Waals surface area contributed by atoms with E-state index in [1.165, 1.54) is 6.07 Å². The first-order valence-electron chi connectivity index (χ1n) is 10.2. The molecule has 2 heterocycles. The van der Waals surface area contributed by atoms with Crippen molar-refractivity contribution in [3.05, 3.63) is 60.0 Å². The Bertz CT molecular complexity index is 1010. The fourth-order valence-corrected chi connectivity index (χ4v) is 3.79. The standard InChI is InChI=1S/C23H26FN3O3/c1-29-21-8-2-3-9-22(21)30-15-5-10-26-11-13-27(14-12-26)23(28)20-16-17-18(24)6-4-7-19(17)25-20/h2-4,6-9,16,25H,5,10-15H2,1H3. The van der Waals surface area contributed by atoms with Gasteiger partial charge in [0.15, 0.2) is 11.5 Å². The van der Waals surface area contributed by atoms with E-state index >= 15 is 0 Å². The van der Waals surface area contributed by atoms with Crippen molar-refractivity contribution in [2.24, 2.45) is 0 Å². The van der Waals surface area contributed by atoms with Gasteiger partial charge in [-0.25, -0.2) is 4.39 Å². The molecule has 0 bridgehead atoms. The van der Waals surface area contributed by atoms with Gasteiger partial charge in [-0.1, -0.05) is 18.2 Å². The molecular formula is C23H26FN3O3. The lowest BCUT2D eigenvalue weighted by molar-refractivity contribution is 0.0626. The number of piperazine rings is 1. The third-order valence-electron chi connectivity index (χ3n) is 5.45. The van der Waals surface area contributed by atoms with Crippen molar-refractivity contribution in [3.63, 3.8) is 0 Å². The molecule has 1 saturated heterocycles. The Morgan fingerprint density at radius 3 is 2.57 bits per heavy atom. The number of carbonyl (C=O) groups is 1. The largest absolute Gasteiger partial charge is 0.493 e. The molecule has 1 aliphatic rings. The van der Waals surface area contributed by atoms with Crippen molar-refractivity contribution in [2.45, 2.75) is 6.42 Å². The van der Waals surface area contributed by atoms with Gasteiger partial charge < -0.3 is 19.4 Å². The summed E-state index contributed by atoms with van der Waals surface area (Å²) >= 11 is 0. The molecular weight excluding hydrogens is 385 g/mol. The number of aromatic amines is 1. The number of nitrogens with zero attached hydrogens (tertiary/aromatic N) is 2. The number of nitrogens with one attached hydrogen (secondary N) is 1. The van der Waals surface area contributed by atoms with Gasteiger partial charge in [-0.15, -0.1) is 0 Å². The van der Waals surface area contributed by atoms with Crippen LogP contribution in [0.15, 0.2) is 48.5 Å². The van der Waals surface area contributed by atoms with Gasteiger partial charge in [0.1, 0.15) is 11.5 Å². The van der Waals surface area contributed by atoms with Crippen LogP contribution in [0.3, 0.4) is 0 Å². The number of amides is 1. The van der Waals surface area contributed by atoms with Crippen molar-refractivity contribution in [3.8, 4) is 11.5 Å². The van der Waals surface area contributed by atoms with Crippen molar-refractivity contribution >= 4 is 16.8 Å². The maximum atomic E-state index is 13.9. The van der Waals surface area contributed by atoms with Gasteiger partial charge in [-0.2, -0.15) is 0 Å². The molecule has 6 nitrogen and oxygen atoms in total. The normalized spacial score (nSPS) is 14.8. The van der Waals surface area contributed by atoms with Gasteiger partial charge in [0.05, 0.1) is 13.7 Å². The molecule has 1 aromatic heterocycles. The van der Waals surface area contributed by atoms with Crippen molar-refractivity contribution in [1.29, 1.82) is 0 Å². The fraction of sp³-hybridized carbons (Fsp3) is 0.348. The molecule has 7 heteroatoms. The predicted octanol–water partition coefficient (Wildman–Crippen LogP) is 3.54. The molecule has 1 fully saturated rings. The number of carbonyl (C=O) groups excluding carboxylic acids is 1. The summed E-state index contributed by atoms with van der Waals surface area (Å²) in [5, 5.41) is 0.453. The maximum absolute atomic E-state index is 13.9. The first-order chi connectivity index (χ1) is 14.7. The number of methoxy groups -OCH3 is 1. The Labute approximate surface area is 175 Å². The number of rotatable bonds is 7. The number of halogens is 1.